The van der Waals surface area contributed by atoms with Crippen molar-refractivity contribution >= 4 is 5.97 Å². The summed E-state index contributed by atoms with van der Waals surface area (Å²) < 4.78 is 1.81. The standard InChI is InChI=1S/C15H19N3O2/c1-3-14-12(10-18(2)17-14)9-16-8-11-6-4-5-7-13(11)15(19)20/h4-7,10,16H,3,8-9H2,1-2H3,(H,19,20). The lowest BCUT2D eigenvalue weighted by atomic mass is 10.1. The molecule has 5 nitrogen and oxygen atoms in total. The third-order valence-corrected chi connectivity index (χ3v) is 3.21. The lowest BCUT2D eigenvalue weighted by Crippen LogP contribution is -2.15. The molecule has 0 amide bonds. The van der Waals surface area contributed by atoms with Gasteiger partial charge in [0.25, 0.3) is 0 Å². The SMILES string of the molecule is CCc1nn(C)cc1CNCc1ccccc1C(=O)O. The Morgan fingerprint density at radius 3 is 2.70 bits per heavy atom. The Kier molecular flexibility index (Phi) is 4.53. The van der Waals surface area contributed by atoms with Gasteiger partial charge in [0.1, 0.15) is 0 Å². The van der Waals surface area contributed by atoms with Gasteiger partial charge < -0.3 is 10.4 Å². The van der Waals surface area contributed by atoms with E-state index in [0.717, 1.165) is 23.2 Å². The highest BCUT2D eigenvalue weighted by molar-refractivity contribution is 5.89. The van der Waals surface area contributed by atoms with Gasteiger partial charge in [0.05, 0.1) is 11.3 Å². The van der Waals surface area contributed by atoms with Crippen LogP contribution in [0.25, 0.3) is 0 Å². The highest BCUT2D eigenvalue weighted by Crippen LogP contribution is 2.10. The summed E-state index contributed by atoms with van der Waals surface area (Å²) in [5.41, 5.74) is 3.37. The van der Waals surface area contributed by atoms with E-state index in [9.17, 15) is 4.79 Å². The molecule has 0 aliphatic heterocycles. The van der Waals surface area contributed by atoms with Gasteiger partial charge in [-0.05, 0) is 18.1 Å². The Morgan fingerprint density at radius 2 is 2.00 bits per heavy atom. The van der Waals surface area contributed by atoms with Gasteiger partial charge in [-0.25, -0.2) is 4.79 Å². The van der Waals surface area contributed by atoms with Gasteiger partial charge in [0, 0.05) is 31.9 Å². The van der Waals surface area contributed by atoms with E-state index in [4.69, 9.17) is 5.11 Å². The zero-order chi connectivity index (χ0) is 14.5. The summed E-state index contributed by atoms with van der Waals surface area (Å²) in [6.07, 6.45) is 2.89. The summed E-state index contributed by atoms with van der Waals surface area (Å²) in [6.45, 7) is 3.29. The minimum absolute atomic E-state index is 0.349. The Bertz CT molecular complexity index is 605. The van der Waals surface area contributed by atoms with Crippen molar-refractivity contribution in [2.75, 3.05) is 0 Å². The smallest absolute Gasteiger partial charge is 0.336 e. The average Bonchev–Trinajstić information content (AvgIpc) is 2.79. The normalized spacial score (nSPS) is 10.7. The molecule has 0 radical (unpaired) electrons. The number of rotatable bonds is 6. The zero-order valence-electron chi connectivity index (χ0n) is 11.8. The first-order chi connectivity index (χ1) is 9.61. The third kappa shape index (κ3) is 3.24. The Morgan fingerprint density at radius 1 is 1.30 bits per heavy atom. The summed E-state index contributed by atoms with van der Waals surface area (Å²) >= 11 is 0. The predicted molar refractivity (Wildman–Crippen MR) is 76.5 cm³/mol. The molecule has 0 atom stereocenters. The van der Waals surface area contributed by atoms with E-state index >= 15 is 0 Å². The summed E-state index contributed by atoms with van der Waals surface area (Å²) in [6, 6.07) is 7.05. The maximum Gasteiger partial charge on any atom is 0.336 e. The van der Waals surface area contributed by atoms with E-state index in [1.54, 1.807) is 16.8 Å². The number of hydrogen-bond acceptors (Lipinski definition) is 3. The van der Waals surface area contributed by atoms with Crippen LogP contribution in [0.4, 0.5) is 0 Å². The van der Waals surface area contributed by atoms with E-state index in [1.807, 2.05) is 25.4 Å². The zero-order valence-corrected chi connectivity index (χ0v) is 11.8. The van der Waals surface area contributed by atoms with Crippen LogP contribution in [0.5, 0.6) is 0 Å². The molecule has 2 rings (SSSR count). The number of hydrogen-bond donors (Lipinski definition) is 2. The molecule has 106 valence electrons. The second-order valence-corrected chi connectivity index (χ2v) is 4.69. The van der Waals surface area contributed by atoms with Crippen molar-refractivity contribution in [2.24, 2.45) is 7.05 Å². The number of carbonyl (C=O) groups is 1. The number of aromatic carboxylic acids is 1. The van der Waals surface area contributed by atoms with E-state index in [2.05, 4.69) is 17.3 Å². The second-order valence-electron chi connectivity index (χ2n) is 4.69. The average molecular weight is 273 g/mol. The monoisotopic (exact) mass is 273 g/mol. The Labute approximate surface area is 118 Å². The van der Waals surface area contributed by atoms with Gasteiger partial charge in [-0.1, -0.05) is 25.1 Å². The molecule has 2 N–H and O–H groups in total. The fourth-order valence-corrected chi connectivity index (χ4v) is 2.24. The van der Waals surface area contributed by atoms with Crippen molar-refractivity contribution in [3.63, 3.8) is 0 Å². The third-order valence-electron chi connectivity index (χ3n) is 3.21. The van der Waals surface area contributed by atoms with E-state index in [1.165, 1.54) is 0 Å². The largest absolute Gasteiger partial charge is 0.478 e. The summed E-state index contributed by atoms with van der Waals surface area (Å²) in [5, 5.41) is 16.8. The van der Waals surface area contributed by atoms with Crippen molar-refractivity contribution in [3.05, 3.63) is 52.8 Å². The van der Waals surface area contributed by atoms with E-state index < -0.39 is 5.97 Å². The Hall–Kier alpha value is -2.14. The van der Waals surface area contributed by atoms with Crippen LogP contribution in [0.2, 0.25) is 0 Å². The molecule has 0 unspecified atom stereocenters. The lowest BCUT2D eigenvalue weighted by molar-refractivity contribution is 0.0695. The molecular formula is C15H19N3O2. The van der Waals surface area contributed by atoms with E-state index in [0.29, 0.717) is 18.7 Å². The van der Waals surface area contributed by atoms with Crippen molar-refractivity contribution in [3.8, 4) is 0 Å². The number of aromatic nitrogens is 2. The molecule has 1 heterocycles. The van der Waals surface area contributed by atoms with Crippen LogP contribution in [0.1, 0.15) is 34.1 Å². The van der Waals surface area contributed by atoms with Crippen molar-refractivity contribution in [1.82, 2.24) is 15.1 Å². The van der Waals surface area contributed by atoms with Crippen LogP contribution in [0.15, 0.2) is 30.5 Å². The van der Waals surface area contributed by atoms with Gasteiger partial charge in [0.2, 0.25) is 0 Å². The van der Waals surface area contributed by atoms with Gasteiger partial charge in [-0.2, -0.15) is 5.10 Å². The summed E-state index contributed by atoms with van der Waals surface area (Å²) in [7, 11) is 1.91. The quantitative estimate of drug-likeness (QED) is 0.844. The number of carboxylic acids is 1. The fourth-order valence-electron chi connectivity index (χ4n) is 2.24. The molecule has 1 aromatic carbocycles. The number of benzene rings is 1. The molecule has 0 spiro atoms. The molecule has 0 aliphatic carbocycles. The number of carboxylic acid groups (broad SMARTS) is 1. The van der Waals surface area contributed by atoms with Gasteiger partial charge >= 0.3 is 5.97 Å². The van der Waals surface area contributed by atoms with Gasteiger partial charge in [0.15, 0.2) is 0 Å². The predicted octanol–water partition coefficient (Wildman–Crippen LogP) is 1.97. The summed E-state index contributed by atoms with van der Waals surface area (Å²) in [4.78, 5) is 11.1. The lowest BCUT2D eigenvalue weighted by Gasteiger charge is -2.07. The highest BCUT2D eigenvalue weighted by atomic mass is 16.4. The molecule has 0 saturated carbocycles. The maximum atomic E-state index is 11.1. The Balaban J connectivity index is 2.01. The van der Waals surface area contributed by atoms with Crippen molar-refractivity contribution < 1.29 is 9.90 Å². The molecule has 0 saturated heterocycles. The van der Waals surface area contributed by atoms with Crippen molar-refractivity contribution in [1.29, 1.82) is 0 Å². The molecule has 0 aliphatic rings. The number of nitrogens with zero attached hydrogens (tertiary/aromatic N) is 2. The number of aryl methyl sites for hydroxylation is 2. The minimum Gasteiger partial charge on any atom is -0.478 e. The van der Waals surface area contributed by atoms with Crippen LogP contribution in [-0.4, -0.2) is 20.9 Å². The van der Waals surface area contributed by atoms with Crippen LogP contribution in [0, 0.1) is 0 Å². The molecule has 5 heteroatoms. The van der Waals surface area contributed by atoms with Crippen LogP contribution < -0.4 is 5.32 Å². The molecule has 20 heavy (non-hydrogen) atoms. The minimum atomic E-state index is -0.891. The van der Waals surface area contributed by atoms with Crippen LogP contribution in [-0.2, 0) is 26.6 Å². The topological polar surface area (TPSA) is 67.2 Å². The first-order valence-corrected chi connectivity index (χ1v) is 6.65. The van der Waals surface area contributed by atoms with E-state index in [-0.39, 0.29) is 0 Å². The van der Waals surface area contributed by atoms with Crippen LogP contribution in [0.3, 0.4) is 0 Å². The first-order valence-electron chi connectivity index (χ1n) is 6.65. The highest BCUT2D eigenvalue weighted by Gasteiger charge is 2.09. The molecule has 0 bridgehead atoms. The van der Waals surface area contributed by atoms with Gasteiger partial charge in [-0.15, -0.1) is 0 Å². The molecule has 1 aromatic heterocycles. The number of nitrogens with one attached hydrogen (secondary N) is 1. The van der Waals surface area contributed by atoms with Crippen LogP contribution >= 0.6 is 0 Å². The molecule has 0 fully saturated rings. The first kappa shape index (κ1) is 14.3. The fraction of sp³-hybridized carbons (Fsp3) is 0.333. The van der Waals surface area contributed by atoms with Gasteiger partial charge in [-0.3, -0.25) is 4.68 Å². The second kappa shape index (κ2) is 6.34. The summed E-state index contributed by atoms with van der Waals surface area (Å²) in [5.74, 6) is -0.891. The van der Waals surface area contributed by atoms with Crippen molar-refractivity contribution in [2.45, 2.75) is 26.4 Å². The maximum absolute atomic E-state index is 11.1. The molecule has 2 aromatic rings. The molecular weight excluding hydrogens is 254 g/mol.